The Balaban J connectivity index is 0.00000192. The van der Waals surface area contributed by atoms with E-state index < -0.39 is 40.8 Å². The summed E-state index contributed by atoms with van der Waals surface area (Å²) >= 11 is 3.82. The molecule has 6 bridgehead atoms. The highest BCUT2D eigenvalue weighted by Gasteiger charge is 2.74. The number of carbonyl (C=O) groups excluding carboxylic acids is 2. The molecule has 3 unspecified atom stereocenters. The SMILES string of the molecule is C.C[C@]12C=C3C(=O)C=C1CC(Br)[C@@H]1[C@@H]2C(O)C[C@@]2(C)[C@H]1CC3[C@]2(O)C(=O)CO. The molecular formula is C22H29BrO5. The van der Waals surface area contributed by atoms with E-state index >= 15 is 0 Å². The zero-order valence-corrected chi connectivity index (χ0v) is 17.1. The Morgan fingerprint density at radius 3 is 2.68 bits per heavy atom. The van der Waals surface area contributed by atoms with Gasteiger partial charge >= 0.3 is 0 Å². The highest BCUT2D eigenvalue weighted by atomic mass is 79.9. The first-order valence-corrected chi connectivity index (χ1v) is 10.7. The van der Waals surface area contributed by atoms with E-state index in [-0.39, 0.29) is 35.8 Å². The minimum absolute atomic E-state index is 0. The van der Waals surface area contributed by atoms with Crippen LogP contribution in [0.15, 0.2) is 23.3 Å². The summed E-state index contributed by atoms with van der Waals surface area (Å²) in [6.45, 7) is 3.19. The zero-order chi connectivity index (χ0) is 19.5. The summed E-state index contributed by atoms with van der Waals surface area (Å²) in [5, 5.41) is 32.7. The summed E-state index contributed by atoms with van der Waals surface area (Å²) in [5.41, 5.74) is -1.64. The van der Waals surface area contributed by atoms with E-state index in [2.05, 4.69) is 22.9 Å². The fourth-order valence-electron chi connectivity index (χ4n) is 7.68. The Bertz CT molecular complexity index is 833. The van der Waals surface area contributed by atoms with Crippen molar-refractivity contribution in [3.8, 4) is 0 Å². The van der Waals surface area contributed by atoms with Crippen LogP contribution in [0.2, 0.25) is 0 Å². The second-order valence-electron chi connectivity index (χ2n) is 9.67. The molecule has 5 aliphatic carbocycles. The lowest BCUT2D eigenvalue weighted by Gasteiger charge is -2.60. The van der Waals surface area contributed by atoms with Crippen LogP contribution in [-0.2, 0) is 9.59 Å². The molecule has 0 aromatic rings. The molecule has 0 radical (unpaired) electrons. The van der Waals surface area contributed by atoms with Gasteiger partial charge in [0.15, 0.2) is 11.6 Å². The van der Waals surface area contributed by atoms with Crippen molar-refractivity contribution in [3.05, 3.63) is 23.3 Å². The molecular weight excluding hydrogens is 424 g/mol. The average molecular weight is 453 g/mol. The Hall–Kier alpha value is -0.820. The topological polar surface area (TPSA) is 94.8 Å². The number of aliphatic hydroxyl groups excluding tert-OH is 2. The van der Waals surface area contributed by atoms with Crippen molar-refractivity contribution in [2.24, 2.45) is 34.5 Å². The Labute approximate surface area is 174 Å². The number of rotatable bonds is 2. The van der Waals surface area contributed by atoms with Crippen LogP contribution in [0.3, 0.4) is 0 Å². The van der Waals surface area contributed by atoms with Crippen LogP contribution in [0.4, 0.5) is 0 Å². The lowest BCUT2D eigenvalue weighted by Crippen LogP contribution is -2.63. The largest absolute Gasteiger partial charge is 0.393 e. The molecule has 0 amide bonds. The molecule has 5 nitrogen and oxygen atoms in total. The second-order valence-corrected chi connectivity index (χ2v) is 10.8. The number of alkyl halides is 1. The Morgan fingerprint density at radius 1 is 1.36 bits per heavy atom. The van der Waals surface area contributed by atoms with E-state index in [1.807, 2.05) is 13.0 Å². The van der Waals surface area contributed by atoms with Crippen molar-refractivity contribution >= 4 is 27.5 Å². The smallest absolute Gasteiger partial charge is 0.190 e. The molecule has 0 spiro atoms. The molecule has 3 fully saturated rings. The van der Waals surface area contributed by atoms with Gasteiger partial charge in [0.1, 0.15) is 12.2 Å². The van der Waals surface area contributed by atoms with Crippen molar-refractivity contribution in [3.63, 3.8) is 0 Å². The molecule has 9 atom stereocenters. The van der Waals surface area contributed by atoms with Gasteiger partial charge in [-0.05, 0) is 37.2 Å². The lowest BCUT2D eigenvalue weighted by atomic mass is 9.46. The summed E-state index contributed by atoms with van der Waals surface area (Å²) < 4.78 is 0. The summed E-state index contributed by atoms with van der Waals surface area (Å²) in [5.74, 6) is -1.39. The molecule has 6 heteroatoms. The highest BCUT2D eigenvalue weighted by molar-refractivity contribution is 9.09. The van der Waals surface area contributed by atoms with E-state index in [1.165, 1.54) is 0 Å². The number of Topliss-reactive ketones (excluding diaryl/α,β-unsaturated/α-hetero) is 1. The molecule has 3 saturated carbocycles. The van der Waals surface area contributed by atoms with Crippen molar-refractivity contribution in [1.29, 1.82) is 0 Å². The first kappa shape index (κ1) is 20.5. The molecule has 0 aromatic heterocycles. The number of hydrogen-bond donors (Lipinski definition) is 3. The average Bonchev–Trinajstić information content (AvgIpc) is 2.84. The predicted octanol–water partition coefficient (Wildman–Crippen LogP) is 2.18. The Morgan fingerprint density at radius 2 is 2.04 bits per heavy atom. The molecule has 5 rings (SSSR count). The fourth-order valence-corrected chi connectivity index (χ4v) is 8.72. The van der Waals surface area contributed by atoms with Crippen molar-refractivity contribution in [2.75, 3.05) is 6.61 Å². The number of fused-ring (bicyclic) bond motifs is 2. The normalized spacial score (nSPS) is 53.1. The van der Waals surface area contributed by atoms with Gasteiger partial charge in [-0.25, -0.2) is 0 Å². The van der Waals surface area contributed by atoms with Crippen molar-refractivity contribution < 1.29 is 24.9 Å². The number of halogens is 1. The van der Waals surface area contributed by atoms with E-state index in [0.717, 1.165) is 12.0 Å². The molecule has 0 aromatic carbocycles. The van der Waals surface area contributed by atoms with E-state index in [4.69, 9.17) is 0 Å². The monoisotopic (exact) mass is 452 g/mol. The first-order valence-electron chi connectivity index (χ1n) is 9.76. The minimum Gasteiger partial charge on any atom is -0.393 e. The lowest BCUT2D eigenvalue weighted by molar-refractivity contribution is -0.180. The molecule has 3 N–H and O–H groups in total. The summed E-state index contributed by atoms with van der Waals surface area (Å²) in [6.07, 6.45) is 4.48. The third-order valence-electron chi connectivity index (χ3n) is 8.82. The molecule has 0 saturated heterocycles. The van der Waals surface area contributed by atoms with Gasteiger partial charge in [-0.2, -0.15) is 0 Å². The molecule has 0 aliphatic heterocycles. The Kier molecular flexibility index (Phi) is 4.29. The number of ketones is 2. The van der Waals surface area contributed by atoms with E-state index in [9.17, 15) is 24.9 Å². The number of hydrogen-bond acceptors (Lipinski definition) is 5. The van der Waals surface area contributed by atoms with Crippen LogP contribution in [-0.4, -0.2) is 50.0 Å². The van der Waals surface area contributed by atoms with Gasteiger partial charge in [0.05, 0.1) is 6.10 Å². The predicted molar refractivity (Wildman–Crippen MR) is 108 cm³/mol. The molecule has 28 heavy (non-hydrogen) atoms. The first-order chi connectivity index (χ1) is 12.6. The second kappa shape index (κ2) is 5.87. The number of aliphatic hydroxyl groups is 3. The van der Waals surface area contributed by atoms with Crippen LogP contribution >= 0.6 is 15.9 Å². The van der Waals surface area contributed by atoms with Crippen LogP contribution in [0.1, 0.15) is 40.5 Å². The van der Waals surface area contributed by atoms with Gasteiger partial charge in [-0.15, -0.1) is 0 Å². The third kappa shape index (κ3) is 1.98. The van der Waals surface area contributed by atoms with Gasteiger partial charge in [-0.3, -0.25) is 9.59 Å². The standard InChI is InChI=1S/C21H25BrO5.CH4/c1-19-6-10-11-5-12-17(13(22)3-9(19)4-14(10)24)18(19)15(25)7-20(12,2)21(11,27)16(26)8-23;/h4,6,11-13,15,17-18,23,25,27H,3,5,7-8H2,1-2H3;1H4/t11?,12-,13?,15?,17+,18-,19-,20-,21-;/m0./s1. The summed E-state index contributed by atoms with van der Waals surface area (Å²) in [4.78, 5) is 26.0. The van der Waals surface area contributed by atoms with Crippen LogP contribution in [0, 0.1) is 34.5 Å². The number of allylic oxidation sites excluding steroid dienone is 3. The zero-order valence-electron chi connectivity index (χ0n) is 15.5. The van der Waals surface area contributed by atoms with Gasteiger partial charge in [-0.1, -0.05) is 48.9 Å². The van der Waals surface area contributed by atoms with E-state index in [0.29, 0.717) is 18.4 Å². The van der Waals surface area contributed by atoms with Crippen molar-refractivity contribution in [1.82, 2.24) is 0 Å². The van der Waals surface area contributed by atoms with Crippen molar-refractivity contribution in [2.45, 2.75) is 57.1 Å². The van der Waals surface area contributed by atoms with Crippen LogP contribution in [0.5, 0.6) is 0 Å². The van der Waals surface area contributed by atoms with Gasteiger partial charge < -0.3 is 15.3 Å². The number of carbonyl (C=O) groups is 2. The van der Waals surface area contributed by atoms with Gasteiger partial charge in [0, 0.05) is 33.1 Å². The fraction of sp³-hybridized carbons (Fsp3) is 0.727. The maximum absolute atomic E-state index is 13.0. The molecule has 154 valence electrons. The third-order valence-corrected chi connectivity index (χ3v) is 9.75. The minimum atomic E-state index is -1.84. The van der Waals surface area contributed by atoms with Gasteiger partial charge in [0.25, 0.3) is 0 Å². The van der Waals surface area contributed by atoms with Gasteiger partial charge in [0.2, 0.25) is 0 Å². The summed E-state index contributed by atoms with van der Waals surface area (Å²) in [6, 6.07) is 0. The summed E-state index contributed by atoms with van der Waals surface area (Å²) in [7, 11) is 0. The maximum Gasteiger partial charge on any atom is 0.190 e. The highest BCUT2D eigenvalue weighted by Crippen LogP contribution is 2.72. The van der Waals surface area contributed by atoms with E-state index in [1.54, 1.807) is 6.08 Å². The molecule has 0 heterocycles. The quantitative estimate of drug-likeness (QED) is 0.558. The molecule has 5 aliphatic rings. The van der Waals surface area contributed by atoms with Crippen LogP contribution < -0.4 is 0 Å². The van der Waals surface area contributed by atoms with Crippen LogP contribution in [0.25, 0.3) is 0 Å². The maximum atomic E-state index is 13.0.